The van der Waals surface area contributed by atoms with Crippen molar-refractivity contribution in [2.24, 2.45) is 5.92 Å². The summed E-state index contributed by atoms with van der Waals surface area (Å²) in [4.78, 5) is 23.4. The van der Waals surface area contributed by atoms with Crippen LogP contribution in [0.5, 0.6) is 0 Å². The highest BCUT2D eigenvalue weighted by Gasteiger charge is 2.21. The van der Waals surface area contributed by atoms with Gasteiger partial charge in [-0.2, -0.15) is 0 Å². The average molecular weight is 328 g/mol. The molecule has 1 unspecified atom stereocenters. The lowest BCUT2D eigenvalue weighted by molar-refractivity contribution is -0.116. The lowest BCUT2D eigenvalue weighted by Gasteiger charge is -2.15. The van der Waals surface area contributed by atoms with E-state index in [-0.39, 0.29) is 16.7 Å². The van der Waals surface area contributed by atoms with E-state index in [0.29, 0.717) is 17.9 Å². The number of carbonyl (C=O) groups excluding carboxylic acids is 2. The Labute approximate surface area is 121 Å². The first-order valence-corrected chi connectivity index (χ1v) is 7.10. The monoisotopic (exact) mass is 327 g/mol. The molecule has 1 amide bonds. The Kier molecular flexibility index (Phi) is 6.02. The van der Waals surface area contributed by atoms with Gasteiger partial charge in [0.25, 0.3) is 0 Å². The standard InChI is InChI=1S/C14H18BrNO3/c1-4-19-14(18)10-7-5-6-8-11(10)16-13(17)12(15)9(2)3/h5-9,12H,4H2,1-3H3,(H,16,17). The van der Waals surface area contributed by atoms with Crippen molar-refractivity contribution >= 4 is 33.5 Å². The first-order valence-electron chi connectivity index (χ1n) is 6.18. The number of hydrogen-bond donors (Lipinski definition) is 1. The van der Waals surface area contributed by atoms with Crippen molar-refractivity contribution in [3.8, 4) is 0 Å². The molecule has 0 aromatic heterocycles. The van der Waals surface area contributed by atoms with Gasteiger partial charge in [-0.25, -0.2) is 4.79 Å². The van der Waals surface area contributed by atoms with Crippen LogP contribution in [-0.4, -0.2) is 23.3 Å². The van der Waals surface area contributed by atoms with E-state index in [1.54, 1.807) is 31.2 Å². The molecule has 5 heteroatoms. The van der Waals surface area contributed by atoms with Crippen LogP contribution in [0.15, 0.2) is 24.3 Å². The largest absolute Gasteiger partial charge is 0.462 e. The predicted molar refractivity (Wildman–Crippen MR) is 78.6 cm³/mol. The van der Waals surface area contributed by atoms with Gasteiger partial charge in [-0.05, 0) is 25.0 Å². The number of para-hydroxylation sites is 1. The van der Waals surface area contributed by atoms with Crippen molar-refractivity contribution in [1.29, 1.82) is 0 Å². The minimum Gasteiger partial charge on any atom is -0.462 e. The van der Waals surface area contributed by atoms with Gasteiger partial charge in [0, 0.05) is 0 Å². The van der Waals surface area contributed by atoms with Gasteiger partial charge in [-0.3, -0.25) is 4.79 Å². The van der Waals surface area contributed by atoms with Crippen LogP contribution < -0.4 is 5.32 Å². The minimum absolute atomic E-state index is 0.162. The van der Waals surface area contributed by atoms with Crippen molar-refractivity contribution in [2.75, 3.05) is 11.9 Å². The maximum Gasteiger partial charge on any atom is 0.340 e. The number of hydrogen-bond acceptors (Lipinski definition) is 3. The zero-order chi connectivity index (χ0) is 14.4. The normalized spacial score (nSPS) is 12.1. The number of rotatable bonds is 5. The van der Waals surface area contributed by atoms with E-state index in [0.717, 1.165) is 0 Å². The average Bonchev–Trinajstić information content (AvgIpc) is 2.38. The second kappa shape index (κ2) is 7.28. The van der Waals surface area contributed by atoms with Crippen LogP contribution in [0, 0.1) is 5.92 Å². The van der Waals surface area contributed by atoms with E-state index in [1.165, 1.54) is 0 Å². The van der Waals surface area contributed by atoms with Crippen molar-refractivity contribution in [1.82, 2.24) is 0 Å². The number of nitrogens with one attached hydrogen (secondary N) is 1. The molecule has 1 rings (SSSR count). The summed E-state index contributed by atoms with van der Waals surface area (Å²) in [6, 6.07) is 6.81. The van der Waals surface area contributed by atoms with Gasteiger partial charge in [0.1, 0.15) is 0 Å². The quantitative estimate of drug-likeness (QED) is 0.667. The summed E-state index contributed by atoms with van der Waals surface area (Å²) < 4.78 is 4.96. The first kappa shape index (κ1) is 15.7. The maximum atomic E-state index is 12.0. The topological polar surface area (TPSA) is 55.4 Å². The summed E-state index contributed by atoms with van der Waals surface area (Å²) in [6.07, 6.45) is 0. The van der Waals surface area contributed by atoms with Crippen LogP contribution in [-0.2, 0) is 9.53 Å². The van der Waals surface area contributed by atoms with Crippen LogP contribution in [0.2, 0.25) is 0 Å². The fourth-order valence-corrected chi connectivity index (χ4v) is 1.60. The first-order chi connectivity index (χ1) is 8.97. The van der Waals surface area contributed by atoms with E-state index in [2.05, 4.69) is 21.2 Å². The predicted octanol–water partition coefficient (Wildman–Crippen LogP) is 3.22. The second-order valence-electron chi connectivity index (χ2n) is 4.40. The zero-order valence-electron chi connectivity index (χ0n) is 11.3. The van der Waals surface area contributed by atoms with Crippen molar-refractivity contribution in [3.63, 3.8) is 0 Å². The lowest BCUT2D eigenvalue weighted by Crippen LogP contribution is -2.27. The molecule has 1 aromatic rings. The van der Waals surface area contributed by atoms with E-state index in [1.807, 2.05) is 13.8 Å². The molecule has 0 aliphatic rings. The van der Waals surface area contributed by atoms with Gasteiger partial charge in [0.15, 0.2) is 0 Å². The highest BCUT2D eigenvalue weighted by atomic mass is 79.9. The number of amides is 1. The lowest BCUT2D eigenvalue weighted by atomic mass is 10.1. The Morgan fingerprint density at radius 1 is 1.32 bits per heavy atom. The summed E-state index contributed by atoms with van der Waals surface area (Å²) >= 11 is 3.33. The Morgan fingerprint density at radius 2 is 1.95 bits per heavy atom. The molecule has 0 aliphatic heterocycles. The van der Waals surface area contributed by atoms with Crippen LogP contribution in [0.25, 0.3) is 0 Å². The zero-order valence-corrected chi connectivity index (χ0v) is 12.9. The molecule has 104 valence electrons. The molecule has 0 bridgehead atoms. The van der Waals surface area contributed by atoms with Crippen molar-refractivity contribution < 1.29 is 14.3 Å². The third-order valence-corrected chi connectivity index (χ3v) is 3.99. The van der Waals surface area contributed by atoms with Gasteiger partial charge >= 0.3 is 5.97 Å². The summed E-state index contributed by atoms with van der Waals surface area (Å²) in [5, 5.41) is 2.74. The van der Waals surface area contributed by atoms with Crippen LogP contribution >= 0.6 is 15.9 Å². The maximum absolute atomic E-state index is 12.0. The molecule has 0 saturated heterocycles. The van der Waals surface area contributed by atoms with Gasteiger partial charge in [0.05, 0.1) is 22.7 Å². The van der Waals surface area contributed by atoms with E-state index in [9.17, 15) is 9.59 Å². The van der Waals surface area contributed by atoms with Gasteiger partial charge in [-0.15, -0.1) is 0 Å². The van der Waals surface area contributed by atoms with E-state index in [4.69, 9.17) is 4.74 Å². The Hall–Kier alpha value is -1.36. The number of alkyl halides is 1. The molecule has 0 spiro atoms. The van der Waals surface area contributed by atoms with E-state index < -0.39 is 5.97 Å². The number of ether oxygens (including phenoxy) is 1. The highest BCUT2D eigenvalue weighted by molar-refractivity contribution is 9.10. The van der Waals surface area contributed by atoms with Gasteiger partial charge in [0.2, 0.25) is 5.91 Å². The summed E-state index contributed by atoms with van der Waals surface area (Å²) in [6.45, 7) is 5.92. The van der Waals surface area contributed by atoms with Crippen molar-refractivity contribution in [3.05, 3.63) is 29.8 Å². The number of esters is 1. The number of carbonyl (C=O) groups is 2. The van der Waals surface area contributed by atoms with E-state index >= 15 is 0 Å². The molecule has 4 nitrogen and oxygen atoms in total. The molecule has 19 heavy (non-hydrogen) atoms. The number of benzene rings is 1. The summed E-state index contributed by atoms with van der Waals surface area (Å²) in [5.74, 6) is -0.449. The highest BCUT2D eigenvalue weighted by Crippen LogP contribution is 2.19. The fourth-order valence-electron chi connectivity index (χ4n) is 1.48. The summed E-state index contributed by atoms with van der Waals surface area (Å²) in [5.41, 5.74) is 0.831. The van der Waals surface area contributed by atoms with Crippen LogP contribution in [0.3, 0.4) is 0 Å². The Balaban J connectivity index is 2.89. The molecular formula is C14H18BrNO3. The second-order valence-corrected chi connectivity index (χ2v) is 5.39. The molecule has 0 heterocycles. The SMILES string of the molecule is CCOC(=O)c1ccccc1NC(=O)C(Br)C(C)C. The Bertz CT molecular complexity index is 460. The summed E-state index contributed by atoms with van der Waals surface area (Å²) in [7, 11) is 0. The fraction of sp³-hybridized carbons (Fsp3) is 0.429. The number of anilines is 1. The molecule has 1 aromatic carbocycles. The molecule has 0 fully saturated rings. The third-order valence-electron chi connectivity index (χ3n) is 2.52. The smallest absolute Gasteiger partial charge is 0.340 e. The van der Waals surface area contributed by atoms with Gasteiger partial charge in [-0.1, -0.05) is 41.9 Å². The molecule has 1 atom stereocenters. The molecule has 1 N–H and O–H groups in total. The van der Waals surface area contributed by atoms with Crippen molar-refractivity contribution in [2.45, 2.75) is 25.6 Å². The molecule has 0 radical (unpaired) electrons. The molecule has 0 saturated carbocycles. The van der Waals surface area contributed by atoms with Crippen LogP contribution in [0.1, 0.15) is 31.1 Å². The Morgan fingerprint density at radius 3 is 2.53 bits per heavy atom. The third kappa shape index (κ3) is 4.35. The van der Waals surface area contributed by atoms with Gasteiger partial charge < -0.3 is 10.1 Å². The molecular weight excluding hydrogens is 310 g/mol. The molecule has 0 aliphatic carbocycles. The minimum atomic E-state index is -0.436. The van der Waals surface area contributed by atoms with Crippen LogP contribution in [0.4, 0.5) is 5.69 Å². The number of halogens is 1.